The van der Waals surface area contributed by atoms with E-state index < -0.39 is 54.6 Å². The summed E-state index contributed by atoms with van der Waals surface area (Å²) in [5.74, 6) is -2.54. The average molecular weight is 605 g/mol. The zero-order chi connectivity index (χ0) is 32.4. The molecule has 0 radical (unpaired) electrons. The smallest absolute Gasteiger partial charge is 0.303 e. The summed E-state index contributed by atoms with van der Waals surface area (Å²) >= 11 is 0. The van der Waals surface area contributed by atoms with Crippen LogP contribution in [0.5, 0.6) is 5.88 Å². The third-order valence-corrected chi connectivity index (χ3v) is 6.40. The van der Waals surface area contributed by atoms with Crippen molar-refractivity contribution < 1.29 is 47.6 Å². The Hall–Kier alpha value is -3.93. The van der Waals surface area contributed by atoms with Crippen LogP contribution in [0, 0.1) is 13.8 Å². The molecule has 1 aromatic carbocycles. The van der Waals surface area contributed by atoms with Gasteiger partial charge in [-0.3, -0.25) is 23.9 Å². The Morgan fingerprint density at radius 1 is 0.837 bits per heavy atom. The number of nitrogens with zero attached hydrogens (tertiary/aromatic N) is 2. The van der Waals surface area contributed by atoms with Gasteiger partial charge in [-0.1, -0.05) is 43.7 Å². The topological polar surface area (TPSA) is 141 Å². The van der Waals surface area contributed by atoms with Crippen LogP contribution in [-0.2, 0) is 49.3 Å². The summed E-state index contributed by atoms with van der Waals surface area (Å²) < 4.78 is 35.8. The molecule has 1 fully saturated rings. The lowest BCUT2D eigenvalue weighted by Gasteiger charge is -2.43. The van der Waals surface area contributed by atoms with E-state index >= 15 is 0 Å². The first kappa shape index (κ1) is 35.3. The fourth-order valence-electron chi connectivity index (χ4n) is 4.63. The van der Waals surface area contributed by atoms with Crippen LogP contribution in [0.15, 0.2) is 24.3 Å². The van der Waals surface area contributed by atoms with Gasteiger partial charge < -0.3 is 28.4 Å². The first-order chi connectivity index (χ1) is 20.3. The second-order valence-electron chi connectivity index (χ2n) is 10.3. The Labute approximate surface area is 252 Å². The molecule has 12 heteroatoms. The molecule has 1 aliphatic rings. The van der Waals surface area contributed by atoms with E-state index in [0.29, 0.717) is 6.42 Å². The minimum atomic E-state index is -1.37. The summed E-state index contributed by atoms with van der Waals surface area (Å²) in [5.41, 5.74) is 3.78. The SMILES string of the molecule is CC.CC(=O)OC[C@H]1O[C@@H](Oc2nn(C(C)C)c(C)c2Cc2ccc(C)cc2)[C@H](OC(C)=O)[C@@H](OC(C)=O)[C@@H]1OC(C)=O. The van der Waals surface area contributed by atoms with Crippen molar-refractivity contribution in [2.24, 2.45) is 0 Å². The monoisotopic (exact) mass is 604 g/mol. The molecule has 0 unspecified atom stereocenters. The average Bonchev–Trinajstić information content (AvgIpc) is 3.22. The van der Waals surface area contributed by atoms with Crippen molar-refractivity contribution in [3.63, 3.8) is 0 Å². The van der Waals surface area contributed by atoms with Gasteiger partial charge >= 0.3 is 23.9 Å². The van der Waals surface area contributed by atoms with E-state index in [-0.39, 0.29) is 18.5 Å². The molecule has 0 aliphatic carbocycles. The lowest BCUT2D eigenvalue weighted by atomic mass is 9.98. The number of aromatic nitrogens is 2. The largest absolute Gasteiger partial charge is 0.463 e. The standard InChI is InChI=1S/C29H38N2O10.C2H6/c1-15(2)31-17(4)23(13-22-11-9-16(3)10-12-22)28(30-31)41-29-27(39-21(8)35)26(38-20(7)34)25(37-19(6)33)24(40-29)14-36-18(5)32;1-2/h9-12,15,24-27,29H,13-14H2,1-8H3;1-2H3/t24-,25-,26+,27-,29+;/m1./s1. The highest BCUT2D eigenvalue weighted by Crippen LogP contribution is 2.33. The van der Waals surface area contributed by atoms with Gasteiger partial charge in [-0.05, 0) is 33.3 Å². The van der Waals surface area contributed by atoms with E-state index in [4.69, 9.17) is 28.4 Å². The molecular formula is C31H44N2O10. The van der Waals surface area contributed by atoms with Gasteiger partial charge in [-0.15, -0.1) is 5.10 Å². The Kier molecular flexibility index (Phi) is 13.2. The van der Waals surface area contributed by atoms with Crippen LogP contribution < -0.4 is 4.74 Å². The molecule has 12 nitrogen and oxygen atoms in total. The van der Waals surface area contributed by atoms with Crippen molar-refractivity contribution >= 4 is 23.9 Å². The van der Waals surface area contributed by atoms with Crippen molar-refractivity contribution in [1.29, 1.82) is 0 Å². The molecule has 1 saturated heterocycles. The van der Waals surface area contributed by atoms with Gasteiger partial charge in [0.15, 0.2) is 12.2 Å². The molecular weight excluding hydrogens is 560 g/mol. The summed E-state index contributed by atoms with van der Waals surface area (Å²) in [4.78, 5) is 47.9. The van der Waals surface area contributed by atoms with Gasteiger partial charge in [0.05, 0.1) is 0 Å². The molecule has 0 bridgehead atoms. The van der Waals surface area contributed by atoms with Crippen LogP contribution in [0.2, 0.25) is 0 Å². The zero-order valence-corrected chi connectivity index (χ0v) is 26.7. The third-order valence-electron chi connectivity index (χ3n) is 6.40. The maximum absolute atomic E-state index is 12.2. The fraction of sp³-hybridized carbons (Fsp3) is 0.581. The van der Waals surface area contributed by atoms with E-state index in [1.54, 1.807) is 0 Å². The molecule has 1 aliphatic heterocycles. The van der Waals surface area contributed by atoms with E-state index in [2.05, 4.69) is 5.10 Å². The van der Waals surface area contributed by atoms with Crippen molar-refractivity contribution in [2.75, 3.05) is 6.61 Å². The van der Waals surface area contributed by atoms with Crippen molar-refractivity contribution in [2.45, 2.75) is 112 Å². The first-order valence-corrected chi connectivity index (χ1v) is 14.4. The number of benzene rings is 1. The number of hydrogen-bond donors (Lipinski definition) is 0. The number of aryl methyl sites for hydroxylation is 1. The van der Waals surface area contributed by atoms with Gasteiger partial charge in [0.2, 0.25) is 18.3 Å². The van der Waals surface area contributed by atoms with Crippen LogP contribution in [-0.4, -0.2) is 71.0 Å². The van der Waals surface area contributed by atoms with Gasteiger partial charge in [0.1, 0.15) is 12.7 Å². The summed E-state index contributed by atoms with van der Waals surface area (Å²) in [5, 5.41) is 4.68. The molecule has 0 saturated carbocycles. The highest BCUT2D eigenvalue weighted by molar-refractivity contribution is 5.68. The molecule has 0 spiro atoms. The van der Waals surface area contributed by atoms with E-state index in [1.807, 2.05) is 70.5 Å². The molecule has 2 aromatic rings. The van der Waals surface area contributed by atoms with Gasteiger partial charge in [-0.2, -0.15) is 0 Å². The zero-order valence-electron chi connectivity index (χ0n) is 26.7. The lowest BCUT2D eigenvalue weighted by molar-refractivity contribution is -0.289. The van der Waals surface area contributed by atoms with Crippen LogP contribution in [0.1, 0.15) is 83.8 Å². The number of carbonyl (C=O) groups excluding carboxylic acids is 4. The normalized spacial score (nSPS) is 21.2. The maximum atomic E-state index is 12.2. The number of rotatable bonds is 10. The van der Waals surface area contributed by atoms with Crippen LogP contribution in [0.3, 0.4) is 0 Å². The predicted molar refractivity (Wildman–Crippen MR) is 155 cm³/mol. The number of carbonyl (C=O) groups is 4. The second-order valence-corrected chi connectivity index (χ2v) is 10.3. The molecule has 43 heavy (non-hydrogen) atoms. The summed E-state index contributed by atoms with van der Waals surface area (Å²) in [6, 6.07) is 8.05. The fourth-order valence-corrected chi connectivity index (χ4v) is 4.63. The number of esters is 4. The Morgan fingerprint density at radius 3 is 1.88 bits per heavy atom. The Bertz CT molecular complexity index is 1250. The van der Waals surface area contributed by atoms with Crippen molar-refractivity contribution in [3.05, 3.63) is 46.6 Å². The summed E-state index contributed by atoms with van der Waals surface area (Å²) in [6.07, 6.45) is -5.99. The maximum Gasteiger partial charge on any atom is 0.303 e. The lowest BCUT2D eigenvalue weighted by Crippen LogP contribution is -2.63. The first-order valence-electron chi connectivity index (χ1n) is 14.4. The quantitative estimate of drug-likeness (QED) is 0.285. The number of ether oxygens (including phenoxy) is 6. The van der Waals surface area contributed by atoms with Gasteiger partial charge in [-0.25, -0.2) is 0 Å². The molecule has 0 amide bonds. The Morgan fingerprint density at radius 2 is 1.37 bits per heavy atom. The van der Waals surface area contributed by atoms with E-state index in [9.17, 15) is 19.2 Å². The van der Waals surface area contributed by atoms with Crippen LogP contribution in [0.25, 0.3) is 0 Å². The van der Waals surface area contributed by atoms with E-state index in [0.717, 1.165) is 36.2 Å². The second kappa shape index (κ2) is 16.1. The van der Waals surface area contributed by atoms with Crippen LogP contribution in [0.4, 0.5) is 0 Å². The predicted octanol–water partition coefficient (Wildman–Crippen LogP) is 4.16. The molecule has 5 atom stereocenters. The molecule has 2 heterocycles. The van der Waals surface area contributed by atoms with Gasteiger partial charge in [0.25, 0.3) is 0 Å². The van der Waals surface area contributed by atoms with Gasteiger partial charge in [0, 0.05) is 51.4 Å². The Balaban J connectivity index is 0.00000316. The van der Waals surface area contributed by atoms with Crippen molar-refractivity contribution in [1.82, 2.24) is 9.78 Å². The highest BCUT2D eigenvalue weighted by Gasteiger charge is 2.53. The minimum absolute atomic E-state index is 0.000449. The highest BCUT2D eigenvalue weighted by atomic mass is 16.7. The molecule has 1 aromatic heterocycles. The summed E-state index contributed by atoms with van der Waals surface area (Å²) in [6.45, 7) is 16.2. The number of hydrogen-bond acceptors (Lipinski definition) is 11. The molecule has 0 N–H and O–H groups in total. The molecule has 238 valence electrons. The molecule has 3 rings (SSSR count). The minimum Gasteiger partial charge on any atom is -0.463 e. The third kappa shape index (κ3) is 9.81. The van der Waals surface area contributed by atoms with Crippen LogP contribution >= 0.6 is 0 Å². The summed E-state index contributed by atoms with van der Waals surface area (Å²) in [7, 11) is 0. The van der Waals surface area contributed by atoms with E-state index in [1.165, 1.54) is 13.8 Å². The van der Waals surface area contributed by atoms with Crippen molar-refractivity contribution in [3.8, 4) is 5.88 Å².